The predicted octanol–water partition coefficient (Wildman–Crippen LogP) is 4.95. The van der Waals surface area contributed by atoms with Gasteiger partial charge in [-0.05, 0) is 46.6 Å². The summed E-state index contributed by atoms with van der Waals surface area (Å²) in [7, 11) is 0. The lowest BCUT2D eigenvalue weighted by Crippen LogP contribution is -2.44. The van der Waals surface area contributed by atoms with Crippen LogP contribution in [-0.2, 0) is 16.0 Å². The van der Waals surface area contributed by atoms with Crippen LogP contribution in [0, 0.1) is 5.92 Å². The number of aliphatic carboxylic acids is 1. The number of carboxylic acids is 1. The molecule has 0 saturated carbocycles. The van der Waals surface area contributed by atoms with Gasteiger partial charge >= 0.3 is 12.1 Å². The van der Waals surface area contributed by atoms with E-state index in [-0.39, 0.29) is 18.4 Å². The molecule has 0 spiro atoms. The average Bonchev–Trinajstić information content (AvgIpc) is 3.38. The second-order valence-electron chi connectivity index (χ2n) is 8.52. The second kappa shape index (κ2) is 8.50. The molecular weight excluding hydrogens is 402 g/mol. The van der Waals surface area contributed by atoms with Crippen LogP contribution >= 0.6 is 0 Å². The third-order valence-electron chi connectivity index (χ3n) is 6.69. The van der Waals surface area contributed by atoms with E-state index in [4.69, 9.17) is 4.74 Å². The third-order valence-corrected chi connectivity index (χ3v) is 6.69. The molecule has 5 nitrogen and oxygen atoms in total. The van der Waals surface area contributed by atoms with Crippen LogP contribution in [0.4, 0.5) is 4.79 Å². The lowest BCUT2D eigenvalue weighted by Gasteiger charge is -2.25. The summed E-state index contributed by atoms with van der Waals surface area (Å²) in [4.78, 5) is 26.4. The molecule has 0 radical (unpaired) electrons. The van der Waals surface area contributed by atoms with Gasteiger partial charge in [-0.25, -0.2) is 9.59 Å². The molecule has 5 heteroatoms. The van der Waals surface area contributed by atoms with Gasteiger partial charge in [-0.15, -0.1) is 0 Å². The van der Waals surface area contributed by atoms with Crippen molar-refractivity contribution in [3.05, 3.63) is 95.6 Å². The Morgan fingerprint density at radius 3 is 2.09 bits per heavy atom. The largest absolute Gasteiger partial charge is 0.480 e. The van der Waals surface area contributed by atoms with Crippen molar-refractivity contribution in [1.29, 1.82) is 0 Å². The van der Waals surface area contributed by atoms with Gasteiger partial charge in [0, 0.05) is 12.5 Å². The fraction of sp³-hybridized carbons (Fsp3) is 0.259. The number of fused-ring (bicyclic) bond motifs is 3. The van der Waals surface area contributed by atoms with Crippen LogP contribution in [0.3, 0.4) is 0 Å². The zero-order chi connectivity index (χ0) is 22.1. The highest BCUT2D eigenvalue weighted by molar-refractivity contribution is 5.82. The van der Waals surface area contributed by atoms with Crippen LogP contribution < -0.4 is 0 Å². The number of carboxylic acid groups (broad SMARTS) is 1. The first-order valence-electron chi connectivity index (χ1n) is 11.0. The topological polar surface area (TPSA) is 66.8 Å². The van der Waals surface area contributed by atoms with Crippen molar-refractivity contribution >= 4 is 12.1 Å². The van der Waals surface area contributed by atoms with Gasteiger partial charge in [0.05, 0.1) is 0 Å². The standard InChI is InChI=1S/C27H25NO4/c29-26(30)25-19(16-18-8-2-1-3-9-18)14-15-28(25)27(31)32-17-24-22-12-6-4-10-20(22)21-11-5-7-13-23(21)24/h1-13,19,24-25H,14-17H2,(H,29,30). The van der Waals surface area contributed by atoms with Crippen molar-refractivity contribution in [3.8, 4) is 11.1 Å². The van der Waals surface area contributed by atoms with Gasteiger partial charge in [-0.1, -0.05) is 78.9 Å². The van der Waals surface area contributed by atoms with Crippen molar-refractivity contribution in [2.24, 2.45) is 5.92 Å². The maximum absolute atomic E-state index is 13.0. The highest BCUT2D eigenvalue weighted by Crippen LogP contribution is 2.44. The number of rotatable bonds is 5. The molecule has 3 aromatic rings. The van der Waals surface area contributed by atoms with E-state index in [2.05, 4.69) is 24.3 Å². The number of nitrogens with zero attached hydrogens (tertiary/aromatic N) is 1. The van der Waals surface area contributed by atoms with E-state index in [1.54, 1.807) is 0 Å². The van der Waals surface area contributed by atoms with E-state index in [1.807, 2.05) is 54.6 Å². The van der Waals surface area contributed by atoms with Gasteiger partial charge in [0.25, 0.3) is 0 Å². The fourth-order valence-electron chi connectivity index (χ4n) is 5.20. The van der Waals surface area contributed by atoms with Crippen LogP contribution in [0.2, 0.25) is 0 Å². The zero-order valence-corrected chi connectivity index (χ0v) is 17.7. The summed E-state index contributed by atoms with van der Waals surface area (Å²) in [6.45, 7) is 0.587. The maximum atomic E-state index is 13.0. The summed E-state index contributed by atoms with van der Waals surface area (Å²) in [6.07, 6.45) is 0.732. The molecule has 2 aliphatic rings. The van der Waals surface area contributed by atoms with Crippen molar-refractivity contribution < 1.29 is 19.4 Å². The molecule has 0 aromatic heterocycles. The number of carbonyl (C=O) groups is 2. The number of amides is 1. The molecule has 0 bridgehead atoms. The monoisotopic (exact) mass is 427 g/mol. The second-order valence-corrected chi connectivity index (χ2v) is 8.52. The predicted molar refractivity (Wildman–Crippen MR) is 121 cm³/mol. The van der Waals surface area contributed by atoms with E-state index in [1.165, 1.54) is 4.90 Å². The Bertz CT molecular complexity index is 1100. The molecule has 1 heterocycles. The Hall–Kier alpha value is -3.60. The van der Waals surface area contributed by atoms with Gasteiger partial charge < -0.3 is 9.84 Å². The summed E-state index contributed by atoms with van der Waals surface area (Å²) in [6, 6.07) is 25.3. The number of carbonyl (C=O) groups excluding carboxylic acids is 1. The van der Waals surface area contributed by atoms with Crippen LogP contribution in [0.5, 0.6) is 0 Å². The molecule has 1 fully saturated rings. The molecular formula is C27H25NO4. The molecule has 1 aliphatic heterocycles. The van der Waals surface area contributed by atoms with E-state index in [0.29, 0.717) is 19.4 Å². The van der Waals surface area contributed by atoms with Gasteiger partial charge in [0.1, 0.15) is 12.6 Å². The highest BCUT2D eigenvalue weighted by Gasteiger charge is 2.43. The minimum Gasteiger partial charge on any atom is -0.480 e. The summed E-state index contributed by atoms with van der Waals surface area (Å²) < 4.78 is 5.73. The Labute approximate surface area is 187 Å². The Kier molecular flexibility index (Phi) is 5.39. The molecule has 162 valence electrons. The Morgan fingerprint density at radius 2 is 1.47 bits per heavy atom. The smallest absolute Gasteiger partial charge is 0.410 e. The van der Waals surface area contributed by atoms with E-state index in [9.17, 15) is 14.7 Å². The summed E-state index contributed by atoms with van der Waals surface area (Å²) in [5, 5.41) is 9.87. The molecule has 1 saturated heterocycles. The molecule has 1 amide bonds. The zero-order valence-electron chi connectivity index (χ0n) is 17.7. The highest BCUT2D eigenvalue weighted by atomic mass is 16.6. The summed E-state index contributed by atoms with van der Waals surface area (Å²) in [5.74, 6) is -1.15. The van der Waals surface area contributed by atoms with Crippen molar-refractivity contribution in [3.63, 3.8) is 0 Å². The number of ether oxygens (including phenoxy) is 1. The lowest BCUT2D eigenvalue weighted by atomic mass is 9.92. The van der Waals surface area contributed by atoms with Crippen LogP contribution in [0.1, 0.15) is 29.0 Å². The van der Waals surface area contributed by atoms with Crippen molar-refractivity contribution in [2.45, 2.75) is 24.8 Å². The molecule has 3 aromatic carbocycles. The average molecular weight is 428 g/mol. The summed E-state index contributed by atoms with van der Waals surface area (Å²) in [5.41, 5.74) is 5.69. The minimum atomic E-state index is -0.975. The molecule has 1 aliphatic carbocycles. The maximum Gasteiger partial charge on any atom is 0.410 e. The fourth-order valence-corrected chi connectivity index (χ4v) is 5.20. The minimum absolute atomic E-state index is 0.0441. The Morgan fingerprint density at radius 1 is 0.875 bits per heavy atom. The SMILES string of the molecule is O=C(O)C1C(Cc2ccccc2)CCN1C(=O)OCC1c2ccccc2-c2ccccc21. The number of hydrogen-bond donors (Lipinski definition) is 1. The van der Waals surface area contributed by atoms with E-state index < -0.39 is 18.1 Å². The van der Waals surface area contributed by atoms with Gasteiger partial charge in [-0.2, -0.15) is 0 Å². The number of likely N-dealkylation sites (tertiary alicyclic amines) is 1. The molecule has 32 heavy (non-hydrogen) atoms. The van der Waals surface area contributed by atoms with E-state index in [0.717, 1.165) is 27.8 Å². The normalized spacial score (nSPS) is 19.4. The lowest BCUT2D eigenvalue weighted by molar-refractivity contribution is -0.143. The Balaban J connectivity index is 1.30. The van der Waals surface area contributed by atoms with Crippen LogP contribution in [0.25, 0.3) is 11.1 Å². The molecule has 2 unspecified atom stereocenters. The third kappa shape index (κ3) is 3.64. The first-order valence-corrected chi connectivity index (χ1v) is 11.0. The van der Waals surface area contributed by atoms with Gasteiger partial charge in [-0.3, -0.25) is 4.90 Å². The van der Waals surface area contributed by atoms with Crippen molar-refractivity contribution in [2.75, 3.05) is 13.2 Å². The molecule has 2 atom stereocenters. The number of hydrogen-bond acceptors (Lipinski definition) is 3. The quantitative estimate of drug-likeness (QED) is 0.625. The van der Waals surface area contributed by atoms with E-state index >= 15 is 0 Å². The van der Waals surface area contributed by atoms with Crippen molar-refractivity contribution in [1.82, 2.24) is 4.90 Å². The summed E-state index contributed by atoms with van der Waals surface area (Å²) >= 11 is 0. The van der Waals surface area contributed by atoms with Crippen LogP contribution in [0.15, 0.2) is 78.9 Å². The molecule has 1 N–H and O–H groups in total. The number of benzene rings is 3. The van der Waals surface area contributed by atoms with Crippen LogP contribution in [-0.4, -0.2) is 41.3 Å². The molecule has 5 rings (SSSR count). The first kappa shape index (κ1) is 20.3. The van der Waals surface area contributed by atoms with Gasteiger partial charge in [0.2, 0.25) is 0 Å². The van der Waals surface area contributed by atoms with Gasteiger partial charge in [0.15, 0.2) is 0 Å². The first-order chi connectivity index (χ1) is 15.6.